The van der Waals surface area contributed by atoms with Gasteiger partial charge in [-0.1, -0.05) is 24.3 Å². The Morgan fingerprint density at radius 1 is 1.10 bits per heavy atom. The molecule has 2 aromatic rings. The Morgan fingerprint density at radius 3 is 2.40 bits per heavy atom. The van der Waals surface area contributed by atoms with Crippen LogP contribution in [0.3, 0.4) is 0 Å². The topological polar surface area (TPSA) is 72.2 Å². The first-order valence-corrected chi connectivity index (χ1v) is 7.88. The number of nitrogens with one attached hydrogen (secondary N) is 1. The lowest BCUT2D eigenvalue weighted by Gasteiger charge is -2.09. The maximum absolute atomic E-state index is 12.2. The molecule has 0 aliphatic heterocycles. The zero-order chi connectivity index (χ0) is 14.6. The van der Waals surface area contributed by atoms with Crippen LogP contribution in [0.1, 0.15) is 11.1 Å². The molecule has 0 heterocycles. The van der Waals surface area contributed by atoms with Crippen LogP contribution < -0.4 is 10.5 Å². The van der Waals surface area contributed by atoms with E-state index in [1.807, 2.05) is 19.1 Å². The summed E-state index contributed by atoms with van der Waals surface area (Å²) in [4.78, 5) is 0.250. The third-order valence-corrected chi connectivity index (χ3v) is 4.33. The standard InChI is InChI=1S/C15H18N2O2S/c1-12-3-2-4-14(11-12)17-20(18,19)15-7-5-13(6-8-15)9-10-16/h2-8,11,17H,9-10,16H2,1H3. The molecule has 2 aromatic carbocycles. The Hall–Kier alpha value is -1.85. The lowest BCUT2D eigenvalue weighted by molar-refractivity contribution is 0.601. The molecule has 0 saturated heterocycles. The summed E-state index contributed by atoms with van der Waals surface area (Å²) in [6.07, 6.45) is 0.742. The van der Waals surface area contributed by atoms with Gasteiger partial charge in [0.05, 0.1) is 4.90 Å². The van der Waals surface area contributed by atoms with Crippen LogP contribution in [0.4, 0.5) is 5.69 Å². The van der Waals surface area contributed by atoms with E-state index in [4.69, 9.17) is 5.73 Å². The predicted octanol–water partition coefficient (Wildman–Crippen LogP) is 2.30. The number of hydrogen-bond donors (Lipinski definition) is 2. The van der Waals surface area contributed by atoms with E-state index in [2.05, 4.69) is 4.72 Å². The van der Waals surface area contributed by atoms with Crippen molar-refractivity contribution in [3.8, 4) is 0 Å². The van der Waals surface area contributed by atoms with Crippen molar-refractivity contribution < 1.29 is 8.42 Å². The average Bonchev–Trinajstić information content (AvgIpc) is 2.39. The SMILES string of the molecule is Cc1cccc(NS(=O)(=O)c2ccc(CCN)cc2)c1. The van der Waals surface area contributed by atoms with Crippen molar-refractivity contribution in [1.29, 1.82) is 0 Å². The quantitative estimate of drug-likeness (QED) is 0.887. The molecule has 0 saturated carbocycles. The Labute approximate surface area is 119 Å². The molecule has 106 valence electrons. The van der Waals surface area contributed by atoms with Gasteiger partial charge < -0.3 is 5.73 Å². The van der Waals surface area contributed by atoms with Crippen molar-refractivity contribution in [2.45, 2.75) is 18.2 Å². The first-order valence-electron chi connectivity index (χ1n) is 6.40. The molecule has 0 aliphatic rings. The third-order valence-electron chi connectivity index (χ3n) is 2.94. The molecule has 0 radical (unpaired) electrons. The van der Waals surface area contributed by atoms with Crippen molar-refractivity contribution in [1.82, 2.24) is 0 Å². The highest BCUT2D eigenvalue weighted by molar-refractivity contribution is 7.92. The third kappa shape index (κ3) is 3.59. The van der Waals surface area contributed by atoms with Crippen molar-refractivity contribution in [2.75, 3.05) is 11.3 Å². The van der Waals surface area contributed by atoms with Crippen molar-refractivity contribution >= 4 is 15.7 Å². The molecule has 5 heteroatoms. The van der Waals surface area contributed by atoms with E-state index in [0.717, 1.165) is 17.5 Å². The number of anilines is 1. The van der Waals surface area contributed by atoms with E-state index in [0.29, 0.717) is 12.2 Å². The Kier molecular flexibility index (Phi) is 4.42. The molecule has 0 aromatic heterocycles. The zero-order valence-electron chi connectivity index (χ0n) is 11.3. The molecule has 0 fully saturated rings. The molecule has 0 amide bonds. The minimum Gasteiger partial charge on any atom is -0.330 e. The molecule has 20 heavy (non-hydrogen) atoms. The highest BCUT2D eigenvalue weighted by Gasteiger charge is 2.13. The normalized spacial score (nSPS) is 11.3. The number of sulfonamides is 1. The minimum atomic E-state index is -3.54. The maximum atomic E-state index is 12.2. The second-order valence-electron chi connectivity index (χ2n) is 4.66. The first-order chi connectivity index (χ1) is 9.51. The van der Waals surface area contributed by atoms with Gasteiger partial charge in [-0.05, 0) is 55.3 Å². The van der Waals surface area contributed by atoms with Crippen LogP contribution in [0, 0.1) is 6.92 Å². The van der Waals surface area contributed by atoms with Crippen LogP contribution >= 0.6 is 0 Å². The Balaban J connectivity index is 2.21. The average molecular weight is 290 g/mol. The summed E-state index contributed by atoms with van der Waals surface area (Å²) in [6.45, 7) is 2.47. The van der Waals surface area contributed by atoms with Gasteiger partial charge in [0, 0.05) is 5.69 Å². The fourth-order valence-corrected chi connectivity index (χ4v) is 2.97. The summed E-state index contributed by atoms with van der Waals surface area (Å²) in [6, 6.07) is 14.0. The van der Waals surface area contributed by atoms with Gasteiger partial charge in [0.15, 0.2) is 0 Å². The van der Waals surface area contributed by atoms with Crippen LogP contribution in [-0.2, 0) is 16.4 Å². The molecule has 3 N–H and O–H groups in total. The van der Waals surface area contributed by atoms with Crippen LogP contribution in [0.25, 0.3) is 0 Å². The highest BCUT2D eigenvalue weighted by Crippen LogP contribution is 2.17. The van der Waals surface area contributed by atoms with Crippen LogP contribution in [0.5, 0.6) is 0 Å². The molecule has 0 atom stereocenters. The molecule has 2 rings (SSSR count). The molecular formula is C15H18N2O2S. The van der Waals surface area contributed by atoms with Gasteiger partial charge in [0.1, 0.15) is 0 Å². The van der Waals surface area contributed by atoms with Crippen molar-refractivity contribution in [3.05, 3.63) is 59.7 Å². The van der Waals surface area contributed by atoms with Gasteiger partial charge in [-0.25, -0.2) is 8.42 Å². The Bertz CT molecular complexity index is 679. The van der Waals surface area contributed by atoms with Crippen molar-refractivity contribution in [3.63, 3.8) is 0 Å². The lowest BCUT2D eigenvalue weighted by Crippen LogP contribution is -2.13. The molecular weight excluding hydrogens is 272 g/mol. The summed E-state index contributed by atoms with van der Waals surface area (Å²) in [7, 11) is -3.54. The number of aryl methyl sites for hydroxylation is 1. The largest absolute Gasteiger partial charge is 0.330 e. The van der Waals surface area contributed by atoms with Gasteiger partial charge in [0.25, 0.3) is 10.0 Å². The monoisotopic (exact) mass is 290 g/mol. The number of benzene rings is 2. The minimum absolute atomic E-state index is 0.250. The number of nitrogens with two attached hydrogens (primary N) is 1. The van der Waals surface area contributed by atoms with Gasteiger partial charge in [-0.15, -0.1) is 0 Å². The van der Waals surface area contributed by atoms with E-state index in [1.54, 1.807) is 36.4 Å². The predicted molar refractivity (Wildman–Crippen MR) is 81.2 cm³/mol. The van der Waals surface area contributed by atoms with E-state index < -0.39 is 10.0 Å². The number of hydrogen-bond acceptors (Lipinski definition) is 3. The van der Waals surface area contributed by atoms with Crippen molar-refractivity contribution in [2.24, 2.45) is 5.73 Å². The lowest BCUT2D eigenvalue weighted by atomic mass is 10.2. The highest BCUT2D eigenvalue weighted by atomic mass is 32.2. The van der Waals surface area contributed by atoms with Gasteiger partial charge in [-0.3, -0.25) is 4.72 Å². The summed E-state index contributed by atoms with van der Waals surface area (Å²) < 4.78 is 27.1. The van der Waals surface area contributed by atoms with Crippen LogP contribution in [0.2, 0.25) is 0 Å². The fourth-order valence-electron chi connectivity index (χ4n) is 1.92. The molecule has 4 nitrogen and oxygen atoms in total. The molecule has 0 bridgehead atoms. The van der Waals surface area contributed by atoms with Crippen LogP contribution in [-0.4, -0.2) is 15.0 Å². The summed E-state index contributed by atoms with van der Waals surface area (Å²) >= 11 is 0. The molecule has 0 aliphatic carbocycles. The summed E-state index contributed by atoms with van der Waals surface area (Å²) in [5, 5.41) is 0. The van der Waals surface area contributed by atoms with E-state index in [-0.39, 0.29) is 4.90 Å². The first kappa shape index (κ1) is 14.6. The second kappa shape index (κ2) is 6.07. The summed E-state index contributed by atoms with van der Waals surface area (Å²) in [5.74, 6) is 0. The molecule has 0 spiro atoms. The van der Waals surface area contributed by atoms with E-state index >= 15 is 0 Å². The van der Waals surface area contributed by atoms with E-state index in [1.165, 1.54) is 0 Å². The van der Waals surface area contributed by atoms with E-state index in [9.17, 15) is 8.42 Å². The Morgan fingerprint density at radius 2 is 1.80 bits per heavy atom. The zero-order valence-corrected chi connectivity index (χ0v) is 12.2. The van der Waals surface area contributed by atoms with Gasteiger partial charge in [0.2, 0.25) is 0 Å². The van der Waals surface area contributed by atoms with Gasteiger partial charge in [-0.2, -0.15) is 0 Å². The second-order valence-corrected chi connectivity index (χ2v) is 6.34. The summed E-state index contributed by atoms with van der Waals surface area (Å²) in [5.41, 5.74) is 8.07. The van der Waals surface area contributed by atoms with Gasteiger partial charge >= 0.3 is 0 Å². The van der Waals surface area contributed by atoms with Crippen LogP contribution in [0.15, 0.2) is 53.4 Å². The fraction of sp³-hybridized carbons (Fsp3) is 0.200. The number of rotatable bonds is 5. The smallest absolute Gasteiger partial charge is 0.261 e. The maximum Gasteiger partial charge on any atom is 0.261 e. The molecule has 0 unspecified atom stereocenters.